The fraction of sp³-hybridized carbons (Fsp3) is 0.651. The molecule has 0 spiro atoms. The Morgan fingerprint density at radius 1 is 0.800 bits per heavy atom. The van der Waals surface area contributed by atoms with E-state index < -0.39 is 0 Å². The van der Waals surface area contributed by atoms with Crippen LogP contribution in [0.2, 0.25) is 0 Å². The lowest BCUT2D eigenvalue weighted by atomic mass is 9.92. The maximum Gasteiger partial charge on any atom is 0.174 e. The summed E-state index contributed by atoms with van der Waals surface area (Å²) in [5.41, 5.74) is 3.61. The highest BCUT2D eigenvalue weighted by Crippen LogP contribution is 2.46. The van der Waals surface area contributed by atoms with E-state index >= 15 is 0 Å². The predicted molar refractivity (Wildman–Crippen MR) is 203 cm³/mol. The molecule has 0 bridgehead atoms. The molecule has 0 radical (unpaired) electrons. The van der Waals surface area contributed by atoms with Gasteiger partial charge in [0.2, 0.25) is 0 Å². The van der Waals surface area contributed by atoms with Crippen molar-refractivity contribution in [3.05, 3.63) is 58.7 Å². The minimum atomic E-state index is -0.384. The van der Waals surface area contributed by atoms with Crippen LogP contribution in [0, 0.1) is 11.8 Å². The average Bonchev–Trinajstić information content (AvgIpc) is 3.11. The molecule has 1 unspecified atom stereocenters. The summed E-state index contributed by atoms with van der Waals surface area (Å²) in [6, 6.07) is 9.97. The first-order valence-corrected chi connectivity index (χ1v) is 19.7. The molecule has 2 aromatic carbocycles. The van der Waals surface area contributed by atoms with Crippen LogP contribution in [-0.4, -0.2) is 75.2 Å². The molecule has 1 atom stereocenters. The third kappa shape index (κ3) is 11.2. The van der Waals surface area contributed by atoms with Gasteiger partial charge >= 0.3 is 0 Å². The van der Waals surface area contributed by atoms with Crippen LogP contribution in [0.3, 0.4) is 0 Å². The van der Waals surface area contributed by atoms with E-state index in [0.717, 1.165) is 60.3 Å². The molecule has 3 heterocycles. The predicted octanol–water partition coefficient (Wildman–Crippen LogP) is 9.47. The summed E-state index contributed by atoms with van der Waals surface area (Å²) in [6.07, 6.45) is 14.8. The molecular formula is C43H64N2O5. The molecule has 2 saturated heterocycles. The smallest absolute Gasteiger partial charge is 0.174 e. The molecule has 2 aromatic rings. The van der Waals surface area contributed by atoms with Crippen molar-refractivity contribution in [1.29, 1.82) is 0 Å². The maximum atomic E-state index is 13.7. The lowest BCUT2D eigenvalue weighted by Crippen LogP contribution is -2.33. The third-order valence-corrected chi connectivity index (χ3v) is 10.9. The van der Waals surface area contributed by atoms with Crippen molar-refractivity contribution in [3.8, 4) is 23.0 Å². The Morgan fingerprint density at radius 2 is 1.38 bits per heavy atom. The molecule has 3 aliphatic rings. The number of ketones is 1. The quantitative estimate of drug-likeness (QED) is 0.114. The molecule has 7 nitrogen and oxygen atoms in total. The van der Waals surface area contributed by atoms with E-state index in [1.165, 1.54) is 89.8 Å². The number of unbranched alkanes of at least 4 members (excludes halogenated alkanes) is 4. The molecule has 0 N–H and O–H groups in total. The number of nitrogens with zero attached hydrogens (tertiary/aromatic N) is 2. The van der Waals surface area contributed by atoms with Crippen molar-refractivity contribution in [2.24, 2.45) is 11.8 Å². The number of rotatable bonds is 18. The Balaban J connectivity index is 1.16. The number of piperidine rings is 2. The zero-order chi connectivity index (χ0) is 35.3. The van der Waals surface area contributed by atoms with E-state index in [1.807, 2.05) is 30.3 Å². The van der Waals surface area contributed by atoms with Gasteiger partial charge in [-0.1, -0.05) is 37.6 Å². The molecule has 3 aliphatic heterocycles. The molecule has 0 saturated carbocycles. The number of ether oxygens (including phenoxy) is 4. The number of benzene rings is 2. The van der Waals surface area contributed by atoms with Crippen LogP contribution in [0.5, 0.6) is 23.0 Å². The highest BCUT2D eigenvalue weighted by Gasteiger charge is 2.34. The minimum Gasteiger partial charge on any atom is -0.496 e. The summed E-state index contributed by atoms with van der Waals surface area (Å²) in [5, 5.41) is 0. The van der Waals surface area contributed by atoms with Gasteiger partial charge in [-0.2, -0.15) is 0 Å². The summed E-state index contributed by atoms with van der Waals surface area (Å²) in [4.78, 5) is 18.9. The summed E-state index contributed by atoms with van der Waals surface area (Å²) in [7, 11) is 1.61. The van der Waals surface area contributed by atoms with Gasteiger partial charge in [-0.25, -0.2) is 0 Å². The van der Waals surface area contributed by atoms with Crippen molar-refractivity contribution in [3.63, 3.8) is 0 Å². The van der Waals surface area contributed by atoms with Crippen molar-refractivity contribution >= 4 is 5.78 Å². The van der Waals surface area contributed by atoms with Crippen molar-refractivity contribution < 1.29 is 23.7 Å². The number of hydrogen-bond donors (Lipinski definition) is 0. The number of carbonyl (C=O) groups excluding carboxylic acids is 1. The van der Waals surface area contributed by atoms with Crippen LogP contribution in [0.1, 0.15) is 126 Å². The molecule has 5 rings (SSSR count). The summed E-state index contributed by atoms with van der Waals surface area (Å²) < 4.78 is 25.0. The number of carbonyl (C=O) groups is 1. The monoisotopic (exact) mass is 688 g/mol. The minimum absolute atomic E-state index is 0.0320. The molecule has 50 heavy (non-hydrogen) atoms. The zero-order valence-electron chi connectivity index (χ0n) is 31.8. The SMILES string of the molecule is COc1cc(OCCCCCN2CCC(C)CC2)c(CC=C(C)C)c2c1C(=O)CC(c1ccc(OCCCCCN3CCC(C)CC3)cc1)O2. The van der Waals surface area contributed by atoms with E-state index in [9.17, 15) is 4.79 Å². The molecule has 0 aromatic heterocycles. The first kappa shape index (κ1) is 38.2. The fourth-order valence-electron chi connectivity index (χ4n) is 7.43. The van der Waals surface area contributed by atoms with Gasteiger partial charge in [-0.3, -0.25) is 4.79 Å². The number of likely N-dealkylation sites (tertiary alicyclic amines) is 2. The van der Waals surface area contributed by atoms with E-state index in [4.69, 9.17) is 18.9 Å². The lowest BCUT2D eigenvalue weighted by Gasteiger charge is -2.30. The van der Waals surface area contributed by atoms with Gasteiger partial charge in [-0.15, -0.1) is 0 Å². The van der Waals surface area contributed by atoms with E-state index in [2.05, 4.69) is 43.6 Å². The normalized spacial score (nSPS) is 19.1. The van der Waals surface area contributed by atoms with Gasteiger partial charge in [0.05, 0.1) is 26.7 Å². The second-order valence-electron chi connectivity index (χ2n) is 15.4. The number of hydrogen-bond acceptors (Lipinski definition) is 7. The lowest BCUT2D eigenvalue weighted by molar-refractivity contribution is 0.0841. The molecule has 7 heteroatoms. The first-order valence-electron chi connectivity index (χ1n) is 19.7. The van der Waals surface area contributed by atoms with Gasteiger partial charge in [0.15, 0.2) is 5.78 Å². The molecule has 0 aliphatic carbocycles. The third-order valence-electron chi connectivity index (χ3n) is 10.9. The van der Waals surface area contributed by atoms with E-state index in [0.29, 0.717) is 30.1 Å². The summed E-state index contributed by atoms with van der Waals surface area (Å²) >= 11 is 0. The Hall–Kier alpha value is -3.03. The Labute approximate surface area is 302 Å². The molecular weight excluding hydrogens is 624 g/mol. The topological polar surface area (TPSA) is 60.5 Å². The Morgan fingerprint density at radius 3 is 1.94 bits per heavy atom. The van der Waals surface area contributed by atoms with Crippen LogP contribution in [0.4, 0.5) is 0 Å². The Kier molecular flexibility index (Phi) is 14.9. The number of Topliss-reactive ketones (excluding diaryl/α,β-unsaturated/α-hetero) is 1. The zero-order valence-corrected chi connectivity index (χ0v) is 31.8. The van der Waals surface area contributed by atoms with Crippen LogP contribution >= 0.6 is 0 Å². The summed E-state index contributed by atoms with van der Waals surface area (Å²) in [5.74, 6) is 4.50. The Bertz CT molecular complexity index is 1370. The summed E-state index contributed by atoms with van der Waals surface area (Å²) in [6.45, 7) is 17.6. The largest absolute Gasteiger partial charge is 0.496 e. The van der Waals surface area contributed by atoms with Crippen molar-refractivity contribution in [2.75, 3.05) is 59.6 Å². The van der Waals surface area contributed by atoms with Gasteiger partial charge in [0, 0.05) is 11.6 Å². The number of methoxy groups -OCH3 is 1. The molecule has 2 fully saturated rings. The van der Waals surface area contributed by atoms with Crippen LogP contribution in [-0.2, 0) is 6.42 Å². The van der Waals surface area contributed by atoms with Crippen LogP contribution < -0.4 is 18.9 Å². The highest BCUT2D eigenvalue weighted by molar-refractivity contribution is 6.03. The number of allylic oxidation sites excluding steroid dienone is 2. The average molecular weight is 689 g/mol. The van der Waals surface area contributed by atoms with Gasteiger partial charge in [0.1, 0.15) is 34.7 Å². The van der Waals surface area contributed by atoms with Crippen molar-refractivity contribution in [2.45, 2.75) is 111 Å². The second kappa shape index (κ2) is 19.5. The van der Waals surface area contributed by atoms with Gasteiger partial charge in [0.25, 0.3) is 0 Å². The highest BCUT2D eigenvalue weighted by atomic mass is 16.5. The maximum absolute atomic E-state index is 13.7. The van der Waals surface area contributed by atoms with Gasteiger partial charge < -0.3 is 28.7 Å². The van der Waals surface area contributed by atoms with E-state index in [1.54, 1.807) is 7.11 Å². The molecule has 276 valence electrons. The molecule has 0 amide bonds. The number of fused-ring (bicyclic) bond motifs is 1. The van der Waals surface area contributed by atoms with Crippen LogP contribution in [0.25, 0.3) is 0 Å². The fourth-order valence-corrected chi connectivity index (χ4v) is 7.43. The van der Waals surface area contributed by atoms with Gasteiger partial charge in [-0.05, 0) is 153 Å². The van der Waals surface area contributed by atoms with Crippen molar-refractivity contribution in [1.82, 2.24) is 9.80 Å². The first-order chi connectivity index (χ1) is 24.3. The van der Waals surface area contributed by atoms with E-state index in [-0.39, 0.29) is 18.3 Å². The van der Waals surface area contributed by atoms with Crippen LogP contribution in [0.15, 0.2) is 42.0 Å². The standard InChI is InChI=1S/C43H64N2O5/c1-32(2)12-17-37-40(49-29-11-7-9-23-45-26-20-34(4)21-27-45)31-41(47-5)42-38(46)30-39(50-43(37)42)35-13-15-36(16-14-35)48-28-10-6-8-22-44-24-18-33(3)19-25-44/h12-16,31,33-34,39H,6-11,17-30H2,1-5H3. The second-order valence-corrected chi connectivity index (χ2v) is 15.4.